The molecule has 62 heavy (non-hydrogen) atoms. The highest BCUT2D eigenvalue weighted by molar-refractivity contribution is 7.33. The van der Waals surface area contributed by atoms with E-state index >= 15 is 0 Å². The molecule has 4 heterocycles. The van der Waals surface area contributed by atoms with Gasteiger partial charge in [0.25, 0.3) is 6.71 Å². The lowest BCUT2D eigenvalue weighted by molar-refractivity contribution is 0.488. The molecule has 0 N–H and O–H groups in total. The zero-order valence-corrected chi connectivity index (χ0v) is 38.3. The van der Waals surface area contributed by atoms with Gasteiger partial charge in [0.05, 0.1) is 11.2 Å². The molecule has 2 aromatic heterocycles. The van der Waals surface area contributed by atoms with Gasteiger partial charge in [0.15, 0.2) is 0 Å². The van der Waals surface area contributed by atoms with Crippen molar-refractivity contribution in [3.8, 4) is 11.5 Å². The Hall–Kier alpha value is -6.24. The first kappa shape index (κ1) is 38.7. The first-order valence-electron chi connectivity index (χ1n) is 21.9. The zero-order chi connectivity index (χ0) is 43.0. The molecule has 0 atom stereocenters. The van der Waals surface area contributed by atoms with Crippen LogP contribution in [0.3, 0.4) is 0 Å². The summed E-state index contributed by atoms with van der Waals surface area (Å²) in [6.45, 7) is 20.3. The summed E-state index contributed by atoms with van der Waals surface area (Å²) in [5.74, 6) is 1.82. The third kappa shape index (κ3) is 5.86. The van der Waals surface area contributed by atoms with Crippen LogP contribution in [0.4, 0.5) is 34.1 Å². The number of aromatic nitrogens is 1. The Bertz CT molecular complexity index is 3220. The zero-order valence-electron chi connectivity index (χ0n) is 37.4. The number of nitrogens with zero attached hydrogens (tertiary/aromatic N) is 3. The molecule has 0 amide bonds. The predicted octanol–water partition coefficient (Wildman–Crippen LogP) is 13.9. The minimum atomic E-state index is -0.0695. The van der Waals surface area contributed by atoms with Crippen LogP contribution in [0.2, 0.25) is 0 Å². The molecule has 0 bridgehead atoms. The summed E-state index contributed by atoms with van der Waals surface area (Å²) in [5, 5.41) is 3.76. The van der Waals surface area contributed by atoms with Gasteiger partial charge in [-0.3, -0.25) is 0 Å². The van der Waals surface area contributed by atoms with E-state index < -0.39 is 0 Å². The average Bonchev–Trinajstić information content (AvgIpc) is 3.76. The van der Waals surface area contributed by atoms with Crippen molar-refractivity contribution >= 4 is 99.8 Å². The van der Waals surface area contributed by atoms with E-state index in [1.165, 1.54) is 75.7 Å². The van der Waals surface area contributed by atoms with E-state index in [1.807, 2.05) is 11.3 Å². The Morgan fingerprint density at radius 1 is 0.613 bits per heavy atom. The van der Waals surface area contributed by atoms with E-state index in [0.29, 0.717) is 0 Å². The Morgan fingerprint density at radius 3 is 1.89 bits per heavy atom. The molecule has 4 nitrogen and oxygen atoms in total. The van der Waals surface area contributed by atoms with Gasteiger partial charge in [-0.05, 0) is 126 Å². The highest BCUT2D eigenvalue weighted by Crippen LogP contribution is 2.52. The van der Waals surface area contributed by atoms with Crippen molar-refractivity contribution in [3.05, 3.63) is 161 Å². The maximum absolute atomic E-state index is 7.59. The van der Waals surface area contributed by atoms with E-state index in [-0.39, 0.29) is 17.5 Å². The van der Waals surface area contributed by atoms with E-state index in [1.54, 1.807) is 0 Å². The molecular weight excluding hydrogens is 774 g/mol. The second-order valence-corrected chi connectivity index (χ2v) is 20.8. The molecular formula is C56H52BN3OS. The molecule has 306 valence electrons. The van der Waals surface area contributed by atoms with Crippen LogP contribution < -0.4 is 30.2 Å². The Labute approximate surface area is 370 Å². The molecule has 0 radical (unpaired) electrons. The van der Waals surface area contributed by atoms with E-state index in [0.717, 1.165) is 45.3 Å². The van der Waals surface area contributed by atoms with Crippen LogP contribution in [-0.2, 0) is 17.9 Å². The summed E-state index contributed by atoms with van der Waals surface area (Å²) in [7, 11) is 2.21. The van der Waals surface area contributed by atoms with Crippen molar-refractivity contribution in [1.82, 2.24) is 4.57 Å². The van der Waals surface area contributed by atoms with Crippen LogP contribution in [0.1, 0.15) is 69.4 Å². The summed E-state index contributed by atoms with van der Waals surface area (Å²) in [5.41, 5.74) is 17.9. The molecule has 9 aromatic rings. The second-order valence-electron chi connectivity index (χ2n) is 19.8. The molecule has 6 heteroatoms. The summed E-state index contributed by atoms with van der Waals surface area (Å²) >= 11 is 1.94. The van der Waals surface area contributed by atoms with E-state index in [4.69, 9.17) is 4.74 Å². The van der Waals surface area contributed by atoms with E-state index in [9.17, 15) is 0 Å². The molecule has 0 fully saturated rings. The molecule has 0 spiro atoms. The van der Waals surface area contributed by atoms with Crippen LogP contribution in [0.5, 0.6) is 11.5 Å². The Balaban J connectivity index is 1.28. The lowest BCUT2D eigenvalue weighted by Gasteiger charge is -2.40. The number of aryl methyl sites for hydroxylation is 4. The lowest BCUT2D eigenvalue weighted by atomic mass is 9.36. The molecule has 0 aliphatic carbocycles. The third-order valence-corrected chi connectivity index (χ3v) is 14.5. The van der Waals surface area contributed by atoms with Crippen molar-refractivity contribution in [3.63, 3.8) is 0 Å². The van der Waals surface area contributed by atoms with Gasteiger partial charge in [-0.25, -0.2) is 0 Å². The van der Waals surface area contributed by atoms with Crippen molar-refractivity contribution in [2.24, 2.45) is 7.05 Å². The van der Waals surface area contributed by atoms with Crippen LogP contribution in [-0.4, -0.2) is 11.3 Å². The van der Waals surface area contributed by atoms with Crippen LogP contribution >= 0.6 is 11.3 Å². The lowest BCUT2D eigenvalue weighted by Crippen LogP contribution is -2.58. The largest absolute Gasteiger partial charge is 0.456 e. The van der Waals surface area contributed by atoms with Crippen LogP contribution in [0.25, 0.3) is 31.9 Å². The quantitative estimate of drug-likeness (QED) is 0.165. The van der Waals surface area contributed by atoms with Crippen molar-refractivity contribution < 1.29 is 4.74 Å². The highest BCUT2D eigenvalue weighted by Gasteiger charge is 2.46. The highest BCUT2D eigenvalue weighted by atomic mass is 32.1. The SMILES string of the molecule is Cc1ccc(N(c2ccc(C)cc2)c2c3c(cc4c5ccccc5n(C)c24)B2c4sc5ccc(C(C)(C)C)cc5c4N(c4ccc(C(C)(C)C)cc4)c4cc(C)cc(c42)O3)cc1. The molecule has 0 saturated carbocycles. The molecule has 2 aliphatic rings. The summed E-state index contributed by atoms with van der Waals surface area (Å²) in [6.07, 6.45) is 0. The van der Waals surface area contributed by atoms with Crippen molar-refractivity contribution in [1.29, 1.82) is 0 Å². The van der Waals surface area contributed by atoms with Gasteiger partial charge in [0.1, 0.15) is 17.2 Å². The third-order valence-electron chi connectivity index (χ3n) is 13.3. The molecule has 0 unspecified atom stereocenters. The number of fused-ring (bicyclic) bond motifs is 9. The second kappa shape index (κ2) is 13.6. The normalized spacial score (nSPS) is 13.4. The fraction of sp³-hybridized carbons (Fsp3) is 0.214. The number of benzene rings is 7. The van der Waals surface area contributed by atoms with Gasteiger partial charge in [-0.2, -0.15) is 0 Å². The van der Waals surface area contributed by atoms with Crippen molar-refractivity contribution in [2.45, 2.75) is 73.1 Å². The summed E-state index contributed by atoms with van der Waals surface area (Å²) in [4.78, 5) is 4.99. The van der Waals surface area contributed by atoms with E-state index in [2.05, 4.69) is 217 Å². The minimum Gasteiger partial charge on any atom is -0.456 e. The molecule has 7 aromatic carbocycles. The van der Waals surface area contributed by atoms with Gasteiger partial charge in [-0.1, -0.05) is 119 Å². The smallest absolute Gasteiger partial charge is 0.269 e. The fourth-order valence-corrected chi connectivity index (χ4v) is 11.3. The summed E-state index contributed by atoms with van der Waals surface area (Å²) in [6, 6.07) is 50.3. The van der Waals surface area contributed by atoms with Gasteiger partial charge >= 0.3 is 0 Å². The maximum atomic E-state index is 7.59. The monoisotopic (exact) mass is 825 g/mol. The van der Waals surface area contributed by atoms with Gasteiger partial charge in [0, 0.05) is 60.9 Å². The average molecular weight is 826 g/mol. The van der Waals surface area contributed by atoms with Gasteiger partial charge < -0.3 is 19.1 Å². The maximum Gasteiger partial charge on any atom is 0.269 e. The topological polar surface area (TPSA) is 20.6 Å². The number of para-hydroxylation sites is 1. The number of rotatable bonds is 4. The van der Waals surface area contributed by atoms with Crippen LogP contribution in [0.15, 0.2) is 133 Å². The summed E-state index contributed by atoms with van der Waals surface area (Å²) < 4.78 is 12.6. The fourth-order valence-electron chi connectivity index (χ4n) is 9.98. The molecule has 2 aliphatic heterocycles. The van der Waals surface area contributed by atoms with Crippen molar-refractivity contribution in [2.75, 3.05) is 9.80 Å². The number of hydrogen-bond donors (Lipinski definition) is 0. The van der Waals surface area contributed by atoms with Gasteiger partial charge in [-0.15, -0.1) is 11.3 Å². The Kier molecular flexibility index (Phi) is 8.50. The number of anilines is 6. The predicted molar refractivity (Wildman–Crippen MR) is 268 cm³/mol. The first-order valence-corrected chi connectivity index (χ1v) is 22.7. The minimum absolute atomic E-state index is 0.00586. The molecule has 0 saturated heterocycles. The molecule has 11 rings (SSSR count). The van der Waals surface area contributed by atoms with Crippen LogP contribution in [0, 0.1) is 20.8 Å². The number of hydrogen-bond acceptors (Lipinski definition) is 4. The Morgan fingerprint density at radius 2 is 1.24 bits per heavy atom. The van der Waals surface area contributed by atoms with Gasteiger partial charge in [0.2, 0.25) is 0 Å². The number of thiophene rings is 1. The standard InChI is InChI=1S/C56H52BN3OS/c1-33-15-22-38(23-16-33)59(39-24-17-34(2)18-25-39)52-50-42(41-13-11-12-14-45(41)58(50)10)32-44-53(52)61-47-30-35(3)29-46-49(47)57(44)54-51(43-31-37(56(7,8)9)21-28-48(43)62-54)60(46)40-26-19-36(20-27-40)55(4,5)6/h11-32H,1-10H3. The first-order chi connectivity index (χ1) is 29.7. The number of ether oxygens (including phenoxy) is 1.